The van der Waals surface area contributed by atoms with Gasteiger partial charge in [-0.25, -0.2) is 8.42 Å². The lowest BCUT2D eigenvalue weighted by molar-refractivity contribution is 0.0956. The van der Waals surface area contributed by atoms with E-state index in [-0.39, 0.29) is 18.2 Å². The Morgan fingerprint density at radius 3 is 2.35 bits per heavy atom. The molecule has 0 aliphatic carbocycles. The van der Waals surface area contributed by atoms with Gasteiger partial charge in [-0.1, -0.05) is 12.1 Å². The van der Waals surface area contributed by atoms with Gasteiger partial charge < -0.3 is 4.74 Å². The summed E-state index contributed by atoms with van der Waals surface area (Å²) < 4.78 is 34.6. The van der Waals surface area contributed by atoms with Crippen LogP contribution in [0.25, 0.3) is 0 Å². The molecule has 0 saturated carbocycles. The lowest BCUT2D eigenvalue weighted by atomic mass is 10.0. The molecule has 0 radical (unpaired) electrons. The molecule has 2 atom stereocenters. The van der Waals surface area contributed by atoms with Crippen molar-refractivity contribution in [2.45, 2.75) is 62.6 Å². The highest BCUT2D eigenvalue weighted by Crippen LogP contribution is 2.41. The van der Waals surface area contributed by atoms with Crippen molar-refractivity contribution in [3.05, 3.63) is 53.9 Å². The summed E-state index contributed by atoms with van der Waals surface area (Å²) in [4.78, 5) is 4.45. The highest BCUT2D eigenvalue weighted by molar-refractivity contribution is 7.89. The van der Waals surface area contributed by atoms with Crippen LogP contribution >= 0.6 is 0 Å². The van der Waals surface area contributed by atoms with E-state index in [2.05, 4.69) is 4.98 Å². The van der Waals surface area contributed by atoms with Gasteiger partial charge in [-0.05, 0) is 56.0 Å². The van der Waals surface area contributed by atoms with Crippen LogP contribution in [-0.4, -0.2) is 35.9 Å². The van der Waals surface area contributed by atoms with Crippen LogP contribution in [0.5, 0.6) is 5.75 Å². The van der Waals surface area contributed by atoms with Crippen molar-refractivity contribution < 1.29 is 13.2 Å². The first-order valence-corrected chi connectivity index (χ1v) is 10.6. The van der Waals surface area contributed by atoms with Gasteiger partial charge in [-0.3, -0.25) is 4.98 Å². The molecule has 6 heteroatoms. The minimum Gasteiger partial charge on any atom is -0.490 e. The summed E-state index contributed by atoms with van der Waals surface area (Å²) in [6, 6.07) is 9.38. The van der Waals surface area contributed by atoms with Gasteiger partial charge in [0, 0.05) is 37.3 Å². The fraction of sp³-hybridized carbons (Fsp3) is 0.450. The van der Waals surface area contributed by atoms with Crippen molar-refractivity contribution >= 4 is 10.0 Å². The molecule has 2 aromatic rings. The molecule has 2 aliphatic heterocycles. The molecule has 2 fully saturated rings. The predicted molar refractivity (Wildman–Crippen MR) is 99.6 cm³/mol. The van der Waals surface area contributed by atoms with Gasteiger partial charge in [0.15, 0.2) is 0 Å². The maximum Gasteiger partial charge on any atom is 0.243 e. The van der Waals surface area contributed by atoms with E-state index >= 15 is 0 Å². The zero-order chi connectivity index (χ0) is 18.3. The first-order chi connectivity index (χ1) is 12.4. The average molecular weight is 372 g/mol. The van der Waals surface area contributed by atoms with Crippen molar-refractivity contribution in [2.24, 2.45) is 0 Å². The van der Waals surface area contributed by atoms with E-state index in [0.29, 0.717) is 4.90 Å². The Morgan fingerprint density at radius 1 is 1.04 bits per heavy atom. The van der Waals surface area contributed by atoms with Crippen LogP contribution in [0, 0.1) is 13.8 Å². The molecule has 138 valence electrons. The fourth-order valence-electron chi connectivity index (χ4n) is 4.28. The number of fused-ring (bicyclic) bond motifs is 2. The third kappa shape index (κ3) is 3.12. The van der Waals surface area contributed by atoms with Crippen LogP contribution in [0.15, 0.2) is 47.6 Å². The average Bonchev–Trinajstić information content (AvgIpc) is 2.90. The number of ether oxygens (including phenoxy) is 1. The van der Waals surface area contributed by atoms with Crippen LogP contribution in [0.3, 0.4) is 0 Å². The molecule has 1 aromatic heterocycles. The minimum atomic E-state index is -3.48. The molecule has 2 bridgehead atoms. The van der Waals surface area contributed by atoms with Crippen LogP contribution in [0.1, 0.15) is 36.8 Å². The minimum absolute atomic E-state index is 0.0190. The Hall–Kier alpha value is -1.92. The normalized spacial score (nSPS) is 26.0. The lowest BCUT2D eigenvalue weighted by Crippen LogP contribution is -2.49. The van der Waals surface area contributed by atoms with Crippen LogP contribution in [-0.2, 0) is 10.0 Å². The quantitative estimate of drug-likeness (QED) is 0.825. The van der Waals surface area contributed by atoms with Gasteiger partial charge in [0.05, 0.1) is 4.90 Å². The third-order valence-corrected chi connectivity index (χ3v) is 7.62. The maximum atomic E-state index is 13.4. The van der Waals surface area contributed by atoms with Crippen molar-refractivity contribution in [1.29, 1.82) is 0 Å². The van der Waals surface area contributed by atoms with E-state index in [1.807, 2.05) is 38.1 Å². The molecule has 5 nitrogen and oxygen atoms in total. The summed E-state index contributed by atoms with van der Waals surface area (Å²) in [7, 11) is -3.48. The van der Waals surface area contributed by atoms with Crippen molar-refractivity contribution in [3.63, 3.8) is 0 Å². The monoisotopic (exact) mass is 372 g/mol. The zero-order valence-corrected chi connectivity index (χ0v) is 15.9. The summed E-state index contributed by atoms with van der Waals surface area (Å²) in [6.45, 7) is 3.80. The topological polar surface area (TPSA) is 59.5 Å². The number of aromatic nitrogens is 1. The first-order valence-electron chi connectivity index (χ1n) is 9.12. The smallest absolute Gasteiger partial charge is 0.243 e. The predicted octanol–water partition coefficient (Wildman–Crippen LogP) is 3.46. The summed E-state index contributed by atoms with van der Waals surface area (Å²) in [6.07, 6.45) is 6.77. The van der Waals surface area contributed by atoms with Crippen LogP contribution in [0.4, 0.5) is 0 Å². The number of nitrogens with zero attached hydrogens (tertiary/aromatic N) is 2. The molecule has 4 rings (SSSR count). The standard InChI is InChI=1S/C20H24N2O3S/c1-14-3-4-15(2)20(11-14)26(23,24)22-16-5-6-17(22)13-19(12-16)25-18-7-9-21-10-8-18/h3-4,7-11,16-17,19H,5-6,12-13H2,1-2H3. The second kappa shape index (κ2) is 6.67. The number of hydrogen-bond donors (Lipinski definition) is 0. The Balaban J connectivity index is 1.57. The van der Waals surface area contributed by atoms with Crippen molar-refractivity contribution in [3.8, 4) is 5.75 Å². The van der Waals surface area contributed by atoms with E-state index < -0.39 is 10.0 Å². The Labute approximate surface area is 155 Å². The number of sulfonamides is 1. The number of piperidine rings is 1. The summed E-state index contributed by atoms with van der Waals surface area (Å²) in [5, 5.41) is 0. The van der Waals surface area contributed by atoms with Gasteiger partial charge >= 0.3 is 0 Å². The van der Waals surface area contributed by atoms with E-state index in [9.17, 15) is 8.42 Å². The SMILES string of the molecule is Cc1ccc(C)c(S(=O)(=O)N2C3CCC2CC(Oc2ccncc2)C3)c1. The van der Waals surface area contributed by atoms with Crippen LogP contribution in [0.2, 0.25) is 0 Å². The summed E-state index contributed by atoms with van der Waals surface area (Å²) >= 11 is 0. The highest BCUT2D eigenvalue weighted by atomic mass is 32.2. The number of pyridine rings is 1. The third-order valence-electron chi connectivity index (χ3n) is 5.47. The lowest BCUT2D eigenvalue weighted by Gasteiger charge is -2.38. The molecule has 0 amide bonds. The number of aryl methyl sites for hydroxylation is 2. The fourth-order valence-corrected chi connectivity index (χ4v) is 6.49. The Morgan fingerprint density at radius 2 is 1.69 bits per heavy atom. The number of hydrogen-bond acceptors (Lipinski definition) is 4. The molecular weight excluding hydrogens is 348 g/mol. The summed E-state index contributed by atoms with van der Waals surface area (Å²) in [5.74, 6) is 0.801. The Kier molecular flexibility index (Phi) is 4.49. The second-order valence-electron chi connectivity index (χ2n) is 7.38. The van der Waals surface area contributed by atoms with Gasteiger partial charge in [0.25, 0.3) is 0 Å². The van der Waals surface area contributed by atoms with Crippen LogP contribution < -0.4 is 4.74 Å². The van der Waals surface area contributed by atoms with Crippen molar-refractivity contribution in [2.75, 3.05) is 0 Å². The largest absolute Gasteiger partial charge is 0.490 e. The molecule has 0 spiro atoms. The van der Waals surface area contributed by atoms with Gasteiger partial charge in [0.1, 0.15) is 11.9 Å². The Bertz CT molecular complexity index is 885. The van der Waals surface area contributed by atoms with Gasteiger partial charge in [-0.15, -0.1) is 0 Å². The van der Waals surface area contributed by atoms with E-state index in [0.717, 1.165) is 42.6 Å². The molecule has 1 aromatic carbocycles. The van der Waals surface area contributed by atoms with E-state index in [1.165, 1.54) is 0 Å². The number of rotatable bonds is 4. The summed E-state index contributed by atoms with van der Waals surface area (Å²) in [5.41, 5.74) is 1.78. The van der Waals surface area contributed by atoms with Gasteiger partial charge in [0.2, 0.25) is 10.0 Å². The molecule has 3 heterocycles. The number of benzene rings is 1. The maximum absolute atomic E-state index is 13.4. The molecular formula is C20H24N2O3S. The molecule has 0 N–H and O–H groups in total. The molecule has 2 unspecified atom stereocenters. The molecule has 2 saturated heterocycles. The van der Waals surface area contributed by atoms with Gasteiger partial charge in [-0.2, -0.15) is 4.31 Å². The molecule has 26 heavy (non-hydrogen) atoms. The first kappa shape index (κ1) is 17.5. The zero-order valence-electron chi connectivity index (χ0n) is 15.1. The molecule has 2 aliphatic rings. The van der Waals surface area contributed by atoms with Crippen molar-refractivity contribution in [1.82, 2.24) is 9.29 Å². The highest BCUT2D eigenvalue weighted by Gasteiger charge is 2.48. The van der Waals surface area contributed by atoms with E-state index in [1.54, 1.807) is 22.8 Å². The van der Waals surface area contributed by atoms with E-state index in [4.69, 9.17) is 4.74 Å². The second-order valence-corrected chi connectivity index (χ2v) is 9.19.